The van der Waals surface area contributed by atoms with Gasteiger partial charge in [-0.05, 0) is 19.1 Å². The molecule has 2 aromatic rings. The molecule has 0 fully saturated rings. The predicted octanol–water partition coefficient (Wildman–Crippen LogP) is 1.88. The highest BCUT2D eigenvalue weighted by atomic mass is 19.1. The topological polar surface area (TPSA) is 75.1 Å². The van der Waals surface area contributed by atoms with Gasteiger partial charge in [-0.15, -0.1) is 0 Å². The molecule has 0 bridgehead atoms. The summed E-state index contributed by atoms with van der Waals surface area (Å²) < 4.78 is 13.1. The molecule has 92 valence electrons. The van der Waals surface area contributed by atoms with E-state index in [1.165, 1.54) is 18.5 Å². The second-order valence-corrected chi connectivity index (χ2v) is 3.66. The van der Waals surface area contributed by atoms with Gasteiger partial charge in [-0.2, -0.15) is 0 Å². The van der Waals surface area contributed by atoms with E-state index in [4.69, 9.17) is 5.11 Å². The summed E-state index contributed by atoms with van der Waals surface area (Å²) in [5, 5.41) is 11.5. The van der Waals surface area contributed by atoms with Crippen molar-refractivity contribution in [2.75, 3.05) is 5.32 Å². The standard InChI is InChI=1S/C12H10FN3O2/c1-7-5-15-10(6-14-7)12(18)16-8-2-3-11(17)9(13)4-8/h2-6,17H,1H3,(H,16,18). The Kier molecular flexibility index (Phi) is 3.18. The normalized spacial score (nSPS) is 10.1. The number of aromatic nitrogens is 2. The Hall–Kier alpha value is -2.50. The molecule has 0 saturated carbocycles. The fourth-order valence-corrected chi connectivity index (χ4v) is 1.29. The third-order valence-corrected chi connectivity index (χ3v) is 2.22. The van der Waals surface area contributed by atoms with Gasteiger partial charge in [-0.1, -0.05) is 0 Å². The molecule has 0 unspecified atom stereocenters. The van der Waals surface area contributed by atoms with E-state index in [1.807, 2.05) is 0 Å². The second kappa shape index (κ2) is 4.79. The Bertz CT molecular complexity index is 584. The molecule has 5 nitrogen and oxygen atoms in total. The van der Waals surface area contributed by atoms with Crippen LogP contribution in [0.5, 0.6) is 5.75 Å². The van der Waals surface area contributed by atoms with Crippen LogP contribution in [0.1, 0.15) is 16.2 Å². The number of aryl methyl sites for hydroxylation is 1. The van der Waals surface area contributed by atoms with E-state index in [0.717, 1.165) is 12.1 Å². The lowest BCUT2D eigenvalue weighted by Crippen LogP contribution is -2.14. The van der Waals surface area contributed by atoms with Crippen molar-refractivity contribution in [3.63, 3.8) is 0 Å². The van der Waals surface area contributed by atoms with Gasteiger partial charge in [-0.25, -0.2) is 9.37 Å². The molecule has 1 amide bonds. The van der Waals surface area contributed by atoms with Crippen LogP contribution in [-0.4, -0.2) is 21.0 Å². The van der Waals surface area contributed by atoms with Gasteiger partial charge in [-0.3, -0.25) is 9.78 Å². The molecule has 0 saturated heterocycles. The highest BCUT2D eigenvalue weighted by molar-refractivity contribution is 6.02. The second-order valence-electron chi connectivity index (χ2n) is 3.66. The van der Waals surface area contributed by atoms with Crippen LogP contribution in [0.2, 0.25) is 0 Å². The largest absolute Gasteiger partial charge is 0.505 e. The summed E-state index contributed by atoms with van der Waals surface area (Å²) in [6.45, 7) is 1.75. The van der Waals surface area contributed by atoms with Gasteiger partial charge >= 0.3 is 0 Å². The lowest BCUT2D eigenvalue weighted by Gasteiger charge is -2.05. The zero-order valence-electron chi connectivity index (χ0n) is 9.51. The van der Waals surface area contributed by atoms with Crippen molar-refractivity contribution in [2.24, 2.45) is 0 Å². The number of carbonyl (C=O) groups excluding carboxylic acids is 1. The zero-order valence-corrected chi connectivity index (χ0v) is 9.51. The number of hydrogen-bond acceptors (Lipinski definition) is 4. The van der Waals surface area contributed by atoms with Crippen LogP contribution < -0.4 is 5.32 Å². The smallest absolute Gasteiger partial charge is 0.275 e. The first-order chi connectivity index (χ1) is 8.56. The van der Waals surface area contributed by atoms with Gasteiger partial charge in [0.05, 0.1) is 11.9 Å². The number of phenols is 1. The van der Waals surface area contributed by atoms with Crippen LogP contribution >= 0.6 is 0 Å². The number of amides is 1. The van der Waals surface area contributed by atoms with Crippen molar-refractivity contribution in [3.05, 3.63) is 47.8 Å². The minimum Gasteiger partial charge on any atom is -0.505 e. The number of halogens is 1. The Morgan fingerprint density at radius 3 is 2.72 bits per heavy atom. The first kappa shape index (κ1) is 12.0. The maximum atomic E-state index is 13.1. The molecule has 0 spiro atoms. The third-order valence-electron chi connectivity index (χ3n) is 2.22. The molecule has 0 aliphatic heterocycles. The Morgan fingerprint density at radius 1 is 1.33 bits per heavy atom. The molecule has 1 aromatic heterocycles. The van der Waals surface area contributed by atoms with Gasteiger partial charge in [0, 0.05) is 18.0 Å². The lowest BCUT2D eigenvalue weighted by atomic mass is 10.3. The highest BCUT2D eigenvalue weighted by Gasteiger charge is 2.09. The highest BCUT2D eigenvalue weighted by Crippen LogP contribution is 2.19. The Morgan fingerprint density at radius 2 is 2.11 bits per heavy atom. The van der Waals surface area contributed by atoms with Crippen LogP contribution in [0.3, 0.4) is 0 Å². The van der Waals surface area contributed by atoms with Crippen molar-refractivity contribution in [3.8, 4) is 5.75 Å². The molecule has 2 rings (SSSR count). The molecule has 18 heavy (non-hydrogen) atoms. The first-order valence-corrected chi connectivity index (χ1v) is 5.15. The molecule has 1 heterocycles. The summed E-state index contributed by atoms with van der Waals surface area (Å²) in [7, 11) is 0. The van der Waals surface area contributed by atoms with Crippen LogP contribution in [0, 0.1) is 12.7 Å². The van der Waals surface area contributed by atoms with Crippen molar-refractivity contribution < 1.29 is 14.3 Å². The van der Waals surface area contributed by atoms with E-state index in [9.17, 15) is 9.18 Å². The van der Waals surface area contributed by atoms with E-state index in [0.29, 0.717) is 5.69 Å². The summed E-state index contributed by atoms with van der Waals surface area (Å²) in [4.78, 5) is 19.6. The number of benzene rings is 1. The van der Waals surface area contributed by atoms with E-state index in [1.54, 1.807) is 6.92 Å². The van der Waals surface area contributed by atoms with E-state index in [2.05, 4.69) is 15.3 Å². The first-order valence-electron chi connectivity index (χ1n) is 5.15. The molecule has 2 N–H and O–H groups in total. The van der Waals surface area contributed by atoms with E-state index in [-0.39, 0.29) is 11.4 Å². The average Bonchev–Trinajstić information content (AvgIpc) is 2.34. The van der Waals surface area contributed by atoms with Crippen LogP contribution in [0.25, 0.3) is 0 Å². The molecule has 0 aliphatic carbocycles. The van der Waals surface area contributed by atoms with E-state index < -0.39 is 17.5 Å². The number of nitrogens with one attached hydrogen (secondary N) is 1. The third kappa shape index (κ3) is 2.60. The number of rotatable bonds is 2. The maximum absolute atomic E-state index is 13.1. The van der Waals surface area contributed by atoms with Crippen molar-refractivity contribution in [1.82, 2.24) is 9.97 Å². The van der Waals surface area contributed by atoms with Gasteiger partial charge < -0.3 is 10.4 Å². The summed E-state index contributed by atoms with van der Waals surface area (Å²) in [5.74, 6) is -1.77. The number of anilines is 1. The van der Waals surface area contributed by atoms with Gasteiger partial charge in [0.2, 0.25) is 0 Å². The lowest BCUT2D eigenvalue weighted by molar-refractivity contribution is 0.102. The molecular weight excluding hydrogens is 237 g/mol. The Labute approximate surface area is 102 Å². The van der Waals surface area contributed by atoms with Crippen molar-refractivity contribution in [2.45, 2.75) is 6.92 Å². The molecule has 0 radical (unpaired) electrons. The average molecular weight is 247 g/mol. The van der Waals surface area contributed by atoms with Crippen molar-refractivity contribution >= 4 is 11.6 Å². The molecular formula is C12H10FN3O2. The monoisotopic (exact) mass is 247 g/mol. The summed E-state index contributed by atoms with van der Waals surface area (Å²) in [6, 6.07) is 3.57. The zero-order chi connectivity index (χ0) is 13.1. The summed E-state index contributed by atoms with van der Waals surface area (Å²) in [5.41, 5.74) is 1.06. The quantitative estimate of drug-likeness (QED) is 0.794. The number of phenolic OH excluding ortho intramolecular Hbond substituents is 1. The number of nitrogens with zero attached hydrogens (tertiary/aromatic N) is 2. The van der Waals surface area contributed by atoms with Gasteiger partial charge in [0.15, 0.2) is 11.6 Å². The fourth-order valence-electron chi connectivity index (χ4n) is 1.29. The van der Waals surface area contributed by atoms with Crippen LogP contribution in [0.4, 0.5) is 10.1 Å². The number of aromatic hydroxyl groups is 1. The number of hydrogen-bond donors (Lipinski definition) is 2. The molecule has 6 heteroatoms. The fraction of sp³-hybridized carbons (Fsp3) is 0.0833. The summed E-state index contributed by atoms with van der Waals surface area (Å²) >= 11 is 0. The van der Waals surface area contributed by atoms with Crippen LogP contribution in [-0.2, 0) is 0 Å². The molecule has 1 aromatic carbocycles. The SMILES string of the molecule is Cc1cnc(C(=O)Nc2ccc(O)c(F)c2)cn1. The van der Waals surface area contributed by atoms with E-state index >= 15 is 0 Å². The minimum atomic E-state index is -0.803. The Balaban J connectivity index is 2.16. The number of carbonyl (C=O) groups is 1. The molecule has 0 aliphatic rings. The summed E-state index contributed by atoms with van der Waals surface area (Å²) in [6.07, 6.45) is 2.80. The van der Waals surface area contributed by atoms with Crippen molar-refractivity contribution in [1.29, 1.82) is 0 Å². The maximum Gasteiger partial charge on any atom is 0.275 e. The predicted molar refractivity (Wildman–Crippen MR) is 62.8 cm³/mol. The molecule has 0 atom stereocenters. The van der Waals surface area contributed by atoms with Gasteiger partial charge in [0.25, 0.3) is 5.91 Å². The van der Waals surface area contributed by atoms with Crippen LogP contribution in [0.15, 0.2) is 30.6 Å². The minimum absolute atomic E-state index is 0.133. The van der Waals surface area contributed by atoms with Gasteiger partial charge in [0.1, 0.15) is 5.69 Å².